The molecule has 1 aliphatic heterocycles. The van der Waals surface area contributed by atoms with E-state index < -0.39 is 12.0 Å². The van der Waals surface area contributed by atoms with Crippen LogP contribution in [0.2, 0.25) is 0 Å². The number of carbonyl (C=O) groups is 2. The van der Waals surface area contributed by atoms with Crippen molar-refractivity contribution < 1.29 is 19.1 Å². The molecule has 0 spiro atoms. The molecule has 1 aromatic rings. The van der Waals surface area contributed by atoms with E-state index >= 15 is 0 Å². The molecule has 6 heteroatoms. The highest BCUT2D eigenvalue weighted by molar-refractivity contribution is 5.91. The summed E-state index contributed by atoms with van der Waals surface area (Å²) < 4.78 is 10.6. The van der Waals surface area contributed by atoms with Crippen LogP contribution in [0.3, 0.4) is 0 Å². The largest absolute Gasteiger partial charge is 0.493 e. The Morgan fingerprint density at radius 3 is 2.50 bits per heavy atom. The number of ether oxygens (including phenoxy) is 2. The summed E-state index contributed by atoms with van der Waals surface area (Å²) in [4.78, 5) is 24.8. The zero-order valence-electron chi connectivity index (χ0n) is 14.3. The summed E-state index contributed by atoms with van der Waals surface area (Å²) in [5, 5.41) is 5.66. The topological polar surface area (TPSA) is 76.7 Å². The molecule has 0 aromatic heterocycles. The Bertz CT molecular complexity index is 724. The first-order valence-electron chi connectivity index (χ1n) is 7.89. The fourth-order valence-corrected chi connectivity index (χ4v) is 3.49. The maximum absolute atomic E-state index is 12.7. The van der Waals surface area contributed by atoms with Crippen molar-refractivity contribution in [3.8, 4) is 11.5 Å². The fraction of sp³-hybridized carbons (Fsp3) is 0.444. The van der Waals surface area contributed by atoms with Gasteiger partial charge in [0.05, 0.1) is 26.2 Å². The molecule has 1 heterocycles. The first-order valence-corrected chi connectivity index (χ1v) is 7.89. The van der Waals surface area contributed by atoms with Crippen LogP contribution in [0.5, 0.6) is 11.5 Å². The van der Waals surface area contributed by atoms with Crippen LogP contribution >= 0.6 is 0 Å². The lowest BCUT2D eigenvalue weighted by atomic mass is 9.72. The molecule has 2 amide bonds. The lowest BCUT2D eigenvalue weighted by Gasteiger charge is -2.40. The third kappa shape index (κ3) is 2.84. The number of urea groups is 1. The van der Waals surface area contributed by atoms with Crippen LogP contribution in [0.15, 0.2) is 30.0 Å². The summed E-state index contributed by atoms with van der Waals surface area (Å²) in [7, 11) is 3.12. The molecule has 1 fully saturated rings. The Morgan fingerprint density at radius 2 is 1.83 bits per heavy atom. The monoisotopic (exact) mass is 330 g/mol. The number of ketones is 1. The molecule has 2 aliphatic rings. The van der Waals surface area contributed by atoms with Gasteiger partial charge >= 0.3 is 6.03 Å². The van der Waals surface area contributed by atoms with Gasteiger partial charge in [-0.2, -0.15) is 0 Å². The van der Waals surface area contributed by atoms with Gasteiger partial charge in [0.15, 0.2) is 11.5 Å². The van der Waals surface area contributed by atoms with E-state index in [9.17, 15) is 9.59 Å². The molecule has 0 radical (unpaired) electrons. The van der Waals surface area contributed by atoms with E-state index in [2.05, 4.69) is 10.6 Å². The van der Waals surface area contributed by atoms with Gasteiger partial charge in [0.25, 0.3) is 0 Å². The lowest BCUT2D eigenvalue weighted by molar-refractivity contribution is -0.125. The predicted octanol–water partition coefficient (Wildman–Crippen LogP) is 2.56. The highest BCUT2D eigenvalue weighted by Gasteiger charge is 2.43. The Labute approximate surface area is 141 Å². The van der Waals surface area contributed by atoms with Crippen LogP contribution in [0, 0.1) is 11.3 Å². The van der Waals surface area contributed by atoms with Crippen molar-refractivity contribution in [2.45, 2.75) is 26.3 Å². The van der Waals surface area contributed by atoms with E-state index in [1.54, 1.807) is 26.4 Å². The molecule has 1 aromatic carbocycles. The van der Waals surface area contributed by atoms with Gasteiger partial charge in [0, 0.05) is 12.1 Å². The van der Waals surface area contributed by atoms with Crippen molar-refractivity contribution in [2.24, 2.45) is 11.3 Å². The summed E-state index contributed by atoms with van der Waals surface area (Å²) in [5.41, 5.74) is 1.24. The van der Waals surface area contributed by atoms with Gasteiger partial charge in [-0.1, -0.05) is 26.0 Å². The number of methoxy groups -OCH3 is 2. The first kappa shape index (κ1) is 16.4. The number of carbonyl (C=O) groups excluding carboxylic acids is 2. The van der Waals surface area contributed by atoms with Crippen molar-refractivity contribution >= 4 is 11.8 Å². The minimum Gasteiger partial charge on any atom is -0.493 e. The molecule has 6 nitrogen and oxygen atoms in total. The Kier molecular flexibility index (Phi) is 3.99. The molecule has 1 saturated heterocycles. The summed E-state index contributed by atoms with van der Waals surface area (Å²) in [5.74, 6) is 0.879. The number of Topliss-reactive ketones (excluding diaryl/α,β-unsaturated/α-hetero) is 1. The number of amides is 2. The van der Waals surface area contributed by atoms with Crippen molar-refractivity contribution in [1.29, 1.82) is 0 Å². The van der Waals surface area contributed by atoms with Gasteiger partial charge in [0.2, 0.25) is 0 Å². The van der Waals surface area contributed by atoms with Gasteiger partial charge in [0.1, 0.15) is 5.78 Å². The number of fused-ring (bicyclic) bond motifs is 1. The molecule has 0 saturated carbocycles. The molecular weight excluding hydrogens is 308 g/mol. The van der Waals surface area contributed by atoms with Crippen LogP contribution in [-0.4, -0.2) is 26.0 Å². The Morgan fingerprint density at radius 1 is 1.12 bits per heavy atom. The van der Waals surface area contributed by atoms with Gasteiger partial charge in [-0.25, -0.2) is 4.79 Å². The van der Waals surface area contributed by atoms with E-state index in [0.717, 1.165) is 5.56 Å². The summed E-state index contributed by atoms with van der Waals surface area (Å²) in [6, 6.07) is 4.71. The van der Waals surface area contributed by atoms with Crippen LogP contribution in [0.25, 0.3) is 0 Å². The third-order valence-electron chi connectivity index (χ3n) is 4.50. The zero-order valence-corrected chi connectivity index (χ0v) is 14.3. The number of hydrogen-bond donors (Lipinski definition) is 2. The van der Waals surface area contributed by atoms with Gasteiger partial charge in [-0.05, 0) is 23.1 Å². The molecule has 2 atom stereocenters. The lowest BCUT2D eigenvalue weighted by Crippen LogP contribution is -2.53. The number of nitrogens with one attached hydrogen (secondary N) is 2. The SMILES string of the molecule is COc1ccc([C@@H]2NC(=O)NC3=CC(C)(C)CC(=O)[C@H]32)cc1OC. The maximum atomic E-state index is 12.7. The molecule has 128 valence electrons. The van der Waals surface area contributed by atoms with Gasteiger partial charge < -0.3 is 20.1 Å². The summed E-state index contributed by atoms with van der Waals surface area (Å²) in [6.07, 6.45) is 2.44. The minimum atomic E-state index is -0.423. The van der Waals surface area contributed by atoms with E-state index in [1.807, 2.05) is 26.0 Å². The predicted molar refractivity (Wildman–Crippen MR) is 88.9 cm³/mol. The van der Waals surface area contributed by atoms with Crippen LogP contribution < -0.4 is 20.1 Å². The normalized spacial score (nSPS) is 25.1. The van der Waals surface area contributed by atoms with Crippen molar-refractivity contribution in [1.82, 2.24) is 10.6 Å². The second kappa shape index (κ2) is 5.85. The van der Waals surface area contributed by atoms with Crippen LogP contribution in [0.1, 0.15) is 31.9 Å². The standard InChI is InChI=1S/C18H22N2O4/c1-18(2)8-11-15(12(21)9-18)16(20-17(22)19-11)10-5-6-13(23-3)14(7-10)24-4/h5-8,15-16H,9H2,1-4H3,(H2,19,20,22)/t15-,16-/m0/s1. The summed E-state index contributed by atoms with van der Waals surface area (Å²) >= 11 is 0. The highest BCUT2D eigenvalue weighted by Crippen LogP contribution is 2.42. The summed E-state index contributed by atoms with van der Waals surface area (Å²) in [6.45, 7) is 3.99. The second-order valence-electron chi connectivity index (χ2n) is 6.90. The maximum Gasteiger partial charge on any atom is 0.319 e. The van der Waals surface area contributed by atoms with E-state index in [1.165, 1.54) is 0 Å². The van der Waals surface area contributed by atoms with E-state index in [4.69, 9.17) is 9.47 Å². The average molecular weight is 330 g/mol. The molecule has 2 N–H and O–H groups in total. The second-order valence-corrected chi connectivity index (χ2v) is 6.90. The van der Waals surface area contributed by atoms with E-state index in [-0.39, 0.29) is 17.2 Å². The molecule has 3 rings (SSSR count). The quantitative estimate of drug-likeness (QED) is 0.893. The third-order valence-corrected chi connectivity index (χ3v) is 4.50. The molecular formula is C18H22N2O4. The highest BCUT2D eigenvalue weighted by atomic mass is 16.5. The minimum absolute atomic E-state index is 0.116. The van der Waals surface area contributed by atoms with Crippen LogP contribution in [0.4, 0.5) is 4.79 Å². The zero-order chi connectivity index (χ0) is 17.5. The Hall–Kier alpha value is -2.50. The fourth-order valence-electron chi connectivity index (χ4n) is 3.49. The molecule has 1 aliphatic carbocycles. The van der Waals surface area contributed by atoms with E-state index in [0.29, 0.717) is 23.6 Å². The average Bonchev–Trinajstić information content (AvgIpc) is 2.51. The van der Waals surface area contributed by atoms with Crippen LogP contribution in [-0.2, 0) is 4.79 Å². The number of rotatable bonds is 3. The van der Waals surface area contributed by atoms with Crippen molar-refractivity contribution in [3.05, 3.63) is 35.5 Å². The number of benzene rings is 1. The van der Waals surface area contributed by atoms with Crippen molar-refractivity contribution in [3.63, 3.8) is 0 Å². The number of hydrogen-bond acceptors (Lipinski definition) is 4. The number of allylic oxidation sites excluding steroid dienone is 1. The smallest absolute Gasteiger partial charge is 0.319 e. The first-order chi connectivity index (χ1) is 11.3. The van der Waals surface area contributed by atoms with Gasteiger partial charge in [-0.3, -0.25) is 4.79 Å². The molecule has 24 heavy (non-hydrogen) atoms. The molecule has 0 bridgehead atoms. The Balaban J connectivity index is 2.04. The van der Waals surface area contributed by atoms with Gasteiger partial charge in [-0.15, -0.1) is 0 Å². The molecule has 0 unspecified atom stereocenters. The van der Waals surface area contributed by atoms with Crippen molar-refractivity contribution in [2.75, 3.05) is 14.2 Å².